The van der Waals surface area contributed by atoms with Crippen molar-refractivity contribution in [2.75, 3.05) is 5.75 Å². The van der Waals surface area contributed by atoms with E-state index in [9.17, 15) is 4.79 Å². The summed E-state index contributed by atoms with van der Waals surface area (Å²) < 4.78 is 2.01. The number of thioether (sulfide) groups is 1. The number of aryl methyl sites for hydroxylation is 1. The Bertz CT molecular complexity index is 1480. The van der Waals surface area contributed by atoms with Crippen molar-refractivity contribution in [3.05, 3.63) is 102 Å². The van der Waals surface area contributed by atoms with Gasteiger partial charge >= 0.3 is 0 Å². The fourth-order valence-electron chi connectivity index (χ4n) is 4.20. The van der Waals surface area contributed by atoms with Gasteiger partial charge in [-0.05, 0) is 53.9 Å². The Morgan fingerprint density at radius 1 is 0.943 bits per heavy atom. The SMILES string of the molecule is Cc1ccccc1-n1c(SCC(=O)NC(C)c2cccc3ccccc23)nnc1-c1ccncc1. The highest BCUT2D eigenvalue weighted by Gasteiger charge is 2.19. The molecule has 6 nitrogen and oxygen atoms in total. The van der Waals surface area contributed by atoms with Crippen molar-refractivity contribution in [1.82, 2.24) is 25.1 Å². The summed E-state index contributed by atoms with van der Waals surface area (Å²) in [4.78, 5) is 17.0. The van der Waals surface area contributed by atoms with E-state index >= 15 is 0 Å². The van der Waals surface area contributed by atoms with Crippen LogP contribution in [0, 0.1) is 6.92 Å². The highest BCUT2D eigenvalue weighted by molar-refractivity contribution is 7.99. The Labute approximate surface area is 208 Å². The Hall–Kier alpha value is -3.97. The fourth-order valence-corrected chi connectivity index (χ4v) is 4.96. The molecule has 0 saturated carbocycles. The van der Waals surface area contributed by atoms with Crippen LogP contribution >= 0.6 is 11.8 Å². The van der Waals surface area contributed by atoms with Gasteiger partial charge in [0.05, 0.1) is 17.5 Å². The normalized spacial score (nSPS) is 11.9. The molecule has 0 fully saturated rings. The predicted molar refractivity (Wildman–Crippen MR) is 141 cm³/mol. The third-order valence-electron chi connectivity index (χ3n) is 5.93. The van der Waals surface area contributed by atoms with E-state index in [1.54, 1.807) is 12.4 Å². The van der Waals surface area contributed by atoms with Crippen molar-refractivity contribution in [3.63, 3.8) is 0 Å². The van der Waals surface area contributed by atoms with E-state index < -0.39 is 0 Å². The summed E-state index contributed by atoms with van der Waals surface area (Å²) in [6.45, 7) is 4.07. The van der Waals surface area contributed by atoms with Crippen LogP contribution in [-0.4, -0.2) is 31.4 Å². The van der Waals surface area contributed by atoms with Gasteiger partial charge in [-0.3, -0.25) is 14.3 Å². The highest BCUT2D eigenvalue weighted by Crippen LogP contribution is 2.29. The van der Waals surface area contributed by atoms with Crippen LogP contribution in [0.15, 0.2) is 96.4 Å². The highest BCUT2D eigenvalue weighted by atomic mass is 32.2. The minimum absolute atomic E-state index is 0.0553. The summed E-state index contributed by atoms with van der Waals surface area (Å²) in [5.74, 6) is 0.893. The minimum atomic E-state index is -0.115. The van der Waals surface area contributed by atoms with Crippen LogP contribution in [0.25, 0.3) is 27.8 Å². The predicted octanol–water partition coefficient (Wildman–Crippen LogP) is 5.76. The summed E-state index contributed by atoms with van der Waals surface area (Å²) in [6.07, 6.45) is 3.47. The molecule has 1 N–H and O–H groups in total. The summed E-state index contributed by atoms with van der Waals surface area (Å²) in [5.41, 5.74) is 4.09. The number of carbonyl (C=O) groups excluding carboxylic acids is 1. The van der Waals surface area contributed by atoms with Gasteiger partial charge < -0.3 is 5.32 Å². The monoisotopic (exact) mass is 479 g/mol. The van der Waals surface area contributed by atoms with Crippen LogP contribution in [0.1, 0.15) is 24.1 Å². The number of nitrogens with one attached hydrogen (secondary N) is 1. The van der Waals surface area contributed by atoms with E-state index in [0.717, 1.165) is 33.2 Å². The molecule has 2 aromatic heterocycles. The van der Waals surface area contributed by atoms with E-state index in [-0.39, 0.29) is 17.7 Å². The standard InChI is InChI=1S/C28H25N5OS/c1-19-8-3-6-13-25(19)33-27(22-14-16-29-17-15-22)31-32-28(33)35-18-26(34)30-20(2)23-12-7-10-21-9-4-5-11-24(21)23/h3-17,20H,18H2,1-2H3,(H,30,34). The third-order valence-corrected chi connectivity index (χ3v) is 6.86. The van der Waals surface area contributed by atoms with Crippen LogP contribution in [0.4, 0.5) is 0 Å². The number of fused-ring (bicyclic) bond motifs is 1. The Balaban J connectivity index is 1.37. The maximum absolute atomic E-state index is 12.9. The molecule has 0 aliphatic carbocycles. The number of hydrogen-bond donors (Lipinski definition) is 1. The molecule has 1 unspecified atom stereocenters. The maximum atomic E-state index is 12.9. The van der Waals surface area contributed by atoms with Crippen LogP contribution in [0.5, 0.6) is 0 Å². The number of benzene rings is 3. The van der Waals surface area contributed by atoms with Gasteiger partial charge in [-0.25, -0.2) is 0 Å². The number of pyridine rings is 1. The molecule has 5 aromatic rings. The zero-order valence-corrected chi connectivity index (χ0v) is 20.4. The molecule has 1 atom stereocenters. The molecular formula is C28H25N5OS. The average Bonchev–Trinajstić information content (AvgIpc) is 3.31. The van der Waals surface area contributed by atoms with Crippen LogP contribution in [-0.2, 0) is 4.79 Å². The van der Waals surface area contributed by atoms with Gasteiger partial charge in [0.25, 0.3) is 0 Å². The van der Waals surface area contributed by atoms with Gasteiger partial charge in [0.1, 0.15) is 0 Å². The molecule has 1 amide bonds. The zero-order valence-electron chi connectivity index (χ0n) is 19.6. The van der Waals surface area contributed by atoms with Crippen molar-refractivity contribution in [3.8, 4) is 17.1 Å². The second-order valence-corrected chi connectivity index (χ2v) is 9.25. The van der Waals surface area contributed by atoms with Gasteiger partial charge in [-0.1, -0.05) is 72.4 Å². The topological polar surface area (TPSA) is 72.7 Å². The van der Waals surface area contributed by atoms with E-state index in [4.69, 9.17) is 0 Å². The molecule has 0 aliphatic heterocycles. The van der Waals surface area contributed by atoms with Crippen LogP contribution < -0.4 is 5.32 Å². The number of rotatable bonds is 7. The van der Waals surface area contributed by atoms with Gasteiger partial charge in [0, 0.05) is 18.0 Å². The molecule has 0 aliphatic rings. The first-order valence-electron chi connectivity index (χ1n) is 11.4. The number of aromatic nitrogens is 4. The minimum Gasteiger partial charge on any atom is -0.349 e. The molecule has 7 heteroatoms. The lowest BCUT2D eigenvalue weighted by atomic mass is 10.00. The Morgan fingerprint density at radius 3 is 2.51 bits per heavy atom. The van der Waals surface area contributed by atoms with Crippen LogP contribution in [0.2, 0.25) is 0 Å². The molecule has 0 bridgehead atoms. The zero-order chi connectivity index (χ0) is 24.2. The van der Waals surface area contributed by atoms with E-state index in [1.165, 1.54) is 11.8 Å². The van der Waals surface area contributed by atoms with Crippen molar-refractivity contribution < 1.29 is 4.79 Å². The number of carbonyl (C=O) groups is 1. The van der Waals surface area contributed by atoms with Gasteiger partial charge in [-0.15, -0.1) is 10.2 Å². The summed E-state index contributed by atoms with van der Waals surface area (Å²) in [7, 11) is 0. The van der Waals surface area contributed by atoms with Crippen molar-refractivity contribution in [1.29, 1.82) is 0 Å². The molecule has 0 radical (unpaired) electrons. The first-order valence-corrected chi connectivity index (χ1v) is 12.4. The van der Waals surface area contributed by atoms with E-state index in [0.29, 0.717) is 11.0 Å². The summed E-state index contributed by atoms with van der Waals surface area (Å²) >= 11 is 1.38. The average molecular weight is 480 g/mol. The molecular weight excluding hydrogens is 454 g/mol. The van der Waals surface area contributed by atoms with E-state index in [2.05, 4.69) is 57.8 Å². The molecule has 3 aromatic carbocycles. The first kappa shape index (κ1) is 22.8. The summed E-state index contributed by atoms with van der Waals surface area (Å²) in [6, 6.07) is 26.2. The molecule has 0 spiro atoms. The van der Waals surface area contributed by atoms with Crippen molar-refractivity contribution in [2.45, 2.75) is 25.0 Å². The largest absolute Gasteiger partial charge is 0.349 e. The quantitative estimate of drug-likeness (QED) is 0.301. The van der Waals surface area contributed by atoms with Gasteiger partial charge in [0.2, 0.25) is 5.91 Å². The van der Waals surface area contributed by atoms with Gasteiger partial charge in [-0.2, -0.15) is 0 Å². The van der Waals surface area contributed by atoms with Crippen molar-refractivity contribution >= 4 is 28.4 Å². The Kier molecular flexibility index (Phi) is 6.59. The lowest BCUT2D eigenvalue weighted by molar-refractivity contribution is -0.119. The lowest BCUT2D eigenvalue weighted by Gasteiger charge is -2.17. The van der Waals surface area contributed by atoms with Gasteiger partial charge in [0.15, 0.2) is 11.0 Å². The number of hydrogen-bond acceptors (Lipinski definition) is 5. The smallest absolute Gasteiger partial charge is 0.230 e. The fraction of sp³-hybridized carbons (Fsp3) is 0.143. The molecule has 174 valence electrons. The second-order valence-electron chi connectivity index (χ2n) is 8.31. The Morgan fingerprint density at radius 2 is 1.69 bits per heavy atom. The van der Waals surface area contributed by atoms with E-state index in [1.807, 2.05) is 60.0 Å². The summed E-state index contributed by atoms with van der Waals surface area (Å²) in [5, 5.41) is 15.0. The molecule has 5 rings (SSSR count). The second kappa shape index (κ2) is 10.1. The third kappa shape index (κ3) is 4.81. The molecule has 0 saturated heterocycles. The van der Waals surface area contributed by atoms with Crippen LogP contribution in [0.3, 0.4) is 0 Å². The molecule has 2 heterocycles. The first-order chi connectivity index (χ1) is 17.1. The number of amides is 1. The lowest BCUT2D eigenvalue weighted by Crippen LogP contribution is -2.28. The molecule has 35 heavy (non-hydrogen) atoms. The number of nitrogens with zero attached hydrogens (tertiary/aromatic N) is 4. The van der Waals surface area contributed by atoms with Crippen molar-refractivity contribution in [2.24, 2.45) is 0 Å². The maximum Gasteiger partial charge on any atom is 0.230 e. The number of para-hydroxylation sites is 1.